The lowest BCUT2D eigenvalue weighted by Gasteiger charge is -2.26. The van der Waals surface area contributed by atoms with Gasteiger partial charge in [-0.2, -0.15) is 0 Å². The molecule has 2 aromatic carbocycles. The van der Waals surface area contributed by atoms with E-state index in [-0.39, 0.29) is 12.1 Å². The van der Waals surface area contributed by atoms with Crippen molar-refractivity contribution in [3.63, 3.8) is 0 Å². The van der Waals surface area contributed by atoms with E-state index in [9.17, 15) is 0 Å². The van der Waals surface area contributed by atoms with Crippen molar-refractivity contribution in [2.45, 2.75) is 32.9 Å². The van der Waals surface area contributed by atoms with E-state index in [1.54, 1.807) is 0 Å². The molecule has 0 aromatic heterocycles. The van der Waals surface area contributed by atoms with Crippen LogP contribution in [-0.2, 0) is 0 Å². The Balaban J connectivity index is 2.11. The summed E-state index contributed by atoms with van der Waals surface area (Å²) >= 11 is 0. The predicted molar refractivity (Wildman–Crippen MR) is 84.1 cm³/mol. The Morgan fingerprint density at radius 3 is 2.25 bits per heavy atom. The molecule has 0 aliphatic heterocycles. The van der Waals surface area contributed by atoms with Gasteiger partial charge < -0.3 is 10.1 Å². The summed E-state index contributed by atoms with van der Waals surface area (Å²) in [6.07, 6.45) is 0.0695. The van der Waals surface area contributed by atoms with Crippen molar-refractivity contribution in [2.24, 2.45) is 0 Å². The zero-order chi connectivity index (χ0) is 14.4. The van der Waals surface area contributed by atoms with Crippen LogP contribution in [0.2, 0.25) is 0 Å². The SMILES string of the molecule is CCNC(c1ccccc1)C(C)Oc1ccc(C)cc1. The lowest BCUT2D eigenvalue weighted by Crippen LogP contribution is -2.33. The Labute approximate surface area is 121 Å². The maximum atomic E-state index is 6.08. The molecule has 0 aliphatic carbocycles. The molecule has 0 aliphatic rings. The second-order valence-electron chi connectivity index (χ2n) is 5.08. The average molecular weight is 269 g/mol. The van der Waals surface area contributed by atoms with Gasteiger partial charge in [-0.15, -0.1) is 0 Å². The Kier molecular flexibility index (Phi) is 5.19. The Hall–Kier alpha value is -1.80. The second kappa shape index (κ2) is 7.11. The molecule has 20 heavy (non-hydrogen) atoms. The lowest BCUT2D eigenvalue weighted by atomic mass is 10.0. The van der Waals surface area contributed by atoms with E-state index in [2.05, 4.69) is 62.5 Å². The fourth-order valence-electron chi connectivity index (χ4n) is 2.33. The molecule has 0 bridgehead atoms. The third-order valence-electron chi connectivity index (χ3n) is 3.40. The summed E-state index contributed by atoms with van der Waals surface area (Å²) in [5.41, 5.74) is 2.50. The quantitative estimate of drug-likeness (QED) is 0.852. The second-order valence-corrected chi connectivity index (χ2v) is 5.08. The molecule has 0 amide bonds. The van der Waals surface area contributed by atoms with Gasteiger partial charge in [-0.1, -0.05) is 55.0 Å². The monoisotopic (exact) mass is 269 g/mol. The number of nitrogens with one attached hydrogen (secondary N) is 1. The van der Waals surface area contributed by atoms with Gasteiger partial charge in [0.05, 0.1) is 6.04 Å². The molecule has 2 unspecified atom stereocenters. The minimum atomic E-state index is 0.0695. The minimum Gasteiger partial charge on any atom is -0.489 e. The van der Waals surface area contributed by atoms with E-state index >= 15 is 0 Å². The molecule has 0 saturated heterocycles. The van der Waals surface area contributed by atoms with Crippen LogP contribution >= 0.6 is 0 Å². The van der Waals surface area contributed by atoms with Gasteiger partial charge in [-0.3, -0.25) is 0 Å². The highest BCUT2D eigenvalue weighted by Gasteiger charge is 2.19. The van der Waals surface area contributed by atoms with E-state index in [1.165, 1.54) is 11.1 Å². The summed E-state index contributed by atoms with van der Waals surface area (Å²) < 4.78 is 6.08. The topological polar surface area (TPSA) is 21.3 Å². The fourth-order valence-corrected chi connectivity index (χ4v) is 2.33. The van der Waals surface area contributed by atoms with Crippen LogP contribution in [0.3, 0.4) is 0 Å². The number of likely N-dealkylation sites (N-methyl/N-ethyl adjacent to an activating group) is 1. The summed E-state index contributed by atoms with van der Waals surface area (Å²) in [6, 6.07) is 18.9. The van der Waals surface area contributed by atoms with Gasteiger partial charge in [0.25, 0.3) is 0 Å². The molecule has 1 N–H and O–H groups in total. The number of hydrogen-bond donors (Lipinski definition) is 1. The summed E-state index contributed by atoms with van der Waals surface area (Å²) in [5, 5.41) is 3.51. The molecule has 2 rings (SSSR count). The van der Waals surface area contributed by atoms with E-state index in [4.69, 9.17) is 4.74 Å². The van der Waals surface area contributed by atoms with E-state index in [0.29, 0.717) is 0 Å². The van der Waals surface area contributed by atoms with E-state index in [0.717, 1.165) is 12.3 Å². The molecule has 2 atom stereocenters. The highest BCUT2D eigenvalue weighted by atomic mass is 16.5. The summed E-state index contributed by atoms with van der Waals surface area (Å²) in [4.78, 5) is 0. The van der Waals surface area contributed by atoms with Crippen molar-refractivity contribution in [2.75, 3.05) is 6.54 Å². The minimum absolute atomic E-state index is 0.0695. The van der Waals surface area contributed by atoms with Gasteiger partial charge in [-0.25, -0.2) is 0 Å². The molecule has 2 heteroatoms. The molecule has 106 valence electrons. The lowest BCUT2D eigenvalue weighted by molar-refractivity contribution is 0.171. The first-order valence-electron chi connectivity index (χ1n) is 7.22. The smallest absolute Gasteiger partial charge is 0.119 e. The molecule has 0 spiro atoms. The molecule has 0 fully saturated rings. The first-order chi connectivity index (χ1) is 9.70. The standard InChI is InChI=1S/C18H23NO/c1-4-19-18(16-8-6-5-7-9-16)15(3)20-17-12-10-14(2)11-13-17/h5-13,15,18-19H,4H2,1-3H3. The first kappa shape index (κ1) is 14.6. The van der Waals surface area contributed by atoms with Gasteiger partial charge in [0.2, 0.25) is 0 Å². The highest BCUT2D eigenvalue weighted by Crippen LogP contribution is 2.22. The van der Waals surface area contributed by atoms with Gasteiger partial charge in [0.1, 0.15) is 11.9 Å². The van der Waals surface area contributed by atoms with E-state index < -0.39 is 0 Å². The summed E-state index contributed by atoms with van der Waals surface area (Å²) in [6.45, 7) is 7.23. The normalized spacial score (nSPS) is 13.8. The maximum Gasteiger partial charge on any atom is 0.119 e. The van der Waals surface area contributed by atoms with Gasteiger partial charge in [-0.05, 0) is 38.1 Å². The van der Waals surface area contributed by atoms with Crippen molar-refractivity contribution >= 4 is 0 Å². The number of rotatable bonds is 6. The summed E-state index contributed by atoms with van der Waals surface area (Å²) in [7, 11) is 0. The van der Waals surface area contributed by atoms with Crippen molar-refractivity contribution < 1.29 is 4.74 Å². The zero-order valence-corrected chi connectivity index (χ0v) is 12.5. The highest BCUT2D eigenvalue weighted by molar-refractivity contribution is 5.27. The van der Waals surface area contributed by atoms with Crippen LogP contribution in [-0.4, -0.2) is 12.6 Å². The first-order valence-corrected chi connectivity index (χ1v) is 7.22. The largest absolute Gasteiger partial charge is 0.489 e. The van der Waals surface area contributed by atoms with Gasteiger partial charge in [0, 0.05) is 0 Å². The third-order valence-corrected chi connectivity index (χ3v) is 3.40. The van der Waals surface area contributed by atoms with Crippen molar-refractivity contribution in [3.8, 4) is 5.75 Å². The van der Waals surface area contributed by atoms with Crippen molar-refractivity contribution in [1.82, 2.24) is 5.32 Å². The Morgan fingerprint density at radius 2 is 1.65 bits per heavy atom. The van der Waals surface area contributed by atoms with Crippen LogP contribution in [0.5, 0.6) is 5.75 Å². The third kappa shape index (κ3) is 3.84. The number of aryl methyl sites for hydroxylation is 1. The number of benzene rings is 2. The molecule has 2 aromatic rings. The molecule has 0 radical (unpaired) electrons. The maximum absolute atomic E-state index is 6.08. The van der Waals surface area contributed by atoms with Gasteiger partial charge in [0.15, 0.2) is 0 Å². The van der Waals surface area contributed by atoms with Crippen LogP contribution in [0, 0.1) is 6.92 Å². The summed E-state index contributed by atoms with van der Waals surface area (Å²) in [5.74, 6) is 0.918. The molecule has 0 saturated carbocycles. The van der Waals surface area contributed by atoms with Crippen molar-refractivity contribution in [3.05, 3.63) is 65.7 Å². The van der Waals surface area contributed by atoms with Crippen LogP contribution in [0.25, 0.3) is 0 Å². The zero-order valence-electron chi connectivity index (χ0n) is 12.5. The Bertz CT molecular complexity index is 507. The molecular weight excluding hydrogens is 246 g/mol. The molecular formula is C18H23NO. The predicted octanol–water partition coefficient (Wildman–Crippen LogP) is 4.11. The van der Waals surface area contributed by atoms with Crippen LogP contribution in [0.4, 0.5) is 0 Å². The van der Waals surface area contributed by atoms with Crippen LogP contribution in [0.1, 0.15) is 31.0 Å². The van der Waals surface area contributed by atoms with Gasteiger partial charge >= 0.3 is 0 Å². The molecule has 0 heterocycles. The van der Waals surface area contributed by atoms with E-state index in [1.807, 2.05) is 18.2 Å². The number of ether oxygens (including phenoxy) is 1. The van der Waals surface area contributed by atoms with Crippen molar-refractivity contribution in [1.29, 1.82) is 0 Å². The number of hydrogen-bond acceptors (Lipinski definition) is 2. The molecule has 2 nitrogen and oxygen atoms in total. The fraction of sp³-hybridized carbons (Fsp3) is 0.333. The van der Waals surface area contributed by atoms with Crippen LogP contribution in [0.15, 0.2) is 54.6 Å². The Morgan fingerprint density at radius 1 is 1.00 bits per heavy atom. The average Bonchev–Trinajstić information content (AvgIpc) is 2.48. The van der Waals surface area contributed by atoms with Crippen LogP contribution < -0.4 is 10.1 Å².